The molecule has 1 aliphatic heterocycles. The van der Waals surface area contributed by atoms with E-state index in [0.29, 0.717) is 0 Å². The van der Waals surface area contributed by atoms with Gasteiger partial charge in [0, 0.05) is 25.6 Å². The minimum Gasteiger partial charge on any atom is -0.468 e. The number of carbonyl (C=O) groups excluding carboxylic acids is 2. The first-order valence-corrected chi connectivity index (χ1v) is 8.68. The first-order chi connectivity index (χ1) is 12.1. The van der Waals surface area contributed by atoms with Crippen LogP contribution in [0.1, 0.15) is 19.8 Å². The lowest BCUT2D eigenvalue weighted by molar-refractivity contribution is -0.141. The molecule has 0 aliphatic carbocycles. The van der Waals surface area contributed by atoms with Crippen molar-refractivity contribution in [3.05, 3.63) is 24.3 Å². The lowest BCUT2D eigenvalue weighted by Gasteiger charge is -2.32. The molecule has 1 aliphatic rings. The van der Waals surface area contributed by atoms with Crippen LogP contribution in [0.5, 0.6) is 0 Å². The Bertz CT molecular complexity index is 763. The summed E-state index contributed by atoms with van der Waals surface area (Å²) in [5.41, 5.74) is 2.13. The number of imidazole rings is 1. The molecule has 0 bridgehead atoms. The predicted octanol–water partition coefficient (Wildman–Crippen LogP) is 1.56. The Hall–Kier alpha value is -2.57. The largest absolute Gasteiger partial charge is 0.468 e. The number of fused-ring (bicyclic) bond motifs is 1. The number of nitrogens with zero attached hydrogens (tertiary/aromatic N) is 3. The van der Waals surface area contributed by atoms with Crippen molar-refractivity contribution < 1.29 is 14.3 Å². The summed E-state index contributed by atoms with van der Waals surface area (Å²) in [7, 11) is 1.31. The minimum absolute atomic E-state index is 0.0683. The molecule has 3 rings (SSSR count). The fourth-order valence-corrected chi connectivity index (χ4v) is 3.33. The van der Waals surface area contributed by atoms with Crippen LogP contribution >= 0.6 is 0 Å². The summed E-state index contributed by atoms with van der Waals surface area (Å²) in [4.78, 5) is 30.3. The van der Waals surface area contributed by atoms with Crippen LogP contribution in [0.4, 0.5) is 5.95 Å². The molecule has 0 radical (unpaired) electrons. The lowest BCUT2D eigenvalue weighted by Crippen LogP contribution is -2.42. The van der Waals surface area contributed by atoms with E-state index >= 15 is 0 Å². The average Bonchev–Trinajstić information content (AvgIpc) is 3.04. The highest BCUT2D eigenvalue weighted by molar-refractivity contribution is 5.84. The van der Waals surface area contributed by atoms with Crippen LogP contribution < -0.4 is 10.2 Å². The molecule has 1 N–H and O–H groups in total. The van der Waals surface area contributed by atoms with Crippen LogP contribution in [-0.2, 0) is 20.9 Å². The van der Waals surface area contributed by atoms with Crippen LogP contribution in [0.3, 0.4) is 0 Å². The molecule has 0 saturated carbocycles. The van der Waals surface area contributed by atoms with Crippen LogP contribution in [0.2, 0.25) is 0 Å². The fourth-order valence-electron chi connectivity index (χ4n) is 3.33. The van der Waals surface area contributed by atoms with Crippen molar-refractivity contribution in [2.75, 3.05) is 31.6 Å². The standard InChI is InChI=1S/C18H24N4O3/c1-3-22-15-7-5-4-6-14(15)20-18(22)21-10-8-13(9-11-21)17(24)19-12-16(23)25-2/h4-7,13H,3,8-12H2,1-2H3,(H,19,24). The third-order valence-electron chi connectivity index (χ3n) is 4.73. The van der Waals surface area contributed by atoms with E-state index in [2.05, 4.69) is 32.5 Å². The van der Waals surface area contributed by atoms with E-state index in [1.165, 1.54) is 7.11 Å². The molecule has 1 aromatic carbocycles. The number of hydrogen-bond donors (Lipinski definition) is 1. The number of anilines is 1. The Morgan fingerprint density at radius 2 is 2.00 bits per heavy atom. The van der Waals surface area contributed by atoms with Gasteiger partial charge < -0.3 is 19.5 Å². The van der Waals surface area contributed by atoms with Gasteiger partial charge in [0.25, 0.3) is 0 Å². The summed E-state index contributed by atoms with van der Waals surface area (Å²) in [5.74, 6) is 0.397. The van der Waals surface area contributed by atoms with E-state index in [4.69, 9.17) is 4.98 Å². The number of methoxy groups -OCH3 is 1. The smallest absolute Gasteiger partial charge is 0.325 e. The van der Waals surface area contributed by atoms with Gasteiger partial charge in [0.1, 0.15) is 6.54 Å². The van der Waals surface area contributed by atoms with Crippen molar-refractivity contribution in [2.24, 2.45) is 5.92 Å². The number of rotatable bonds is 5. The number of amides is 1. The summed E-state index contributed by atoms with van der Waals surface area (Å²) in [6.07, 6.45) is 1.50. The molecular formula is C18H24N4O3. The number of para-hydroxylation sites is 2. The number of esters is 1. The Kier molecular flexibility index (Phi) is 5.21. The number of ether oxygens (including phenoxy) is 1. The van der Waals surface area contributed by atoms with Gasteiger partial charge in [-0.2, -0.15) is 0 Å². The number of carbonyl (C=O) groups is 2. The van der Waals surface area contributed by atoms with E-state index < -0.39 is 5.97 Å². The Morgan fingerprint density at radius 1 is 1.28 bits per heavy atom. The van der Waals surface area contributed by atoms with E-state index in [1.807, 2.05) is 18.2 Å². The Balaban J connectivity index is 1.64. The Labute approximate surface area is 147 Å². The third kappa shape index (κ3) is 3.60. The highest BCUT2D eigenvalue weighted by Crippen LogP contribution is 2.26. The molecule has 1 saturated heterocycles. The Morgan fingerprint density at radius 3 is 2.68 bits per heavy atom. The maximum Gasteiger partial charge on any atom is 0.325 e. The topological polar surface area (TPSA) is 76.5 Å². The third-order valence-corrected chi connectivity index (χ3v) is 4.73. The maximum absolute atomic E-state index is 12.2. The number of aromatic nitrogens is 2. The van der Waals surface area contributed by atoms with E-state index in [-0.39, 0.29) is 18.4 Å². The molecule has 134 valence electrons. The molecule has 1 amide bonds. The van der Waals surface area contributed by atoms with Crippen molar-refractivity contribution in [3.8, 4) is 0 Å². The van der Waals surface area contributed by atoms with Gasteiger partial charge in [0.05, 0.1) is 18.1 Å². The number of aryl methyl sites for hydroxylation is 1. The zero-order chi connectivity index (χ0) is 17.8. The van der Waals surface area contributed by atoms with Gasteiger partial charge in [0.2, 0.25) is 11.9 Å². The molecule has 1 aromatic heterocycles. The van der Waals surface area contributed by atoms with Crippen molar-refractivity contribution in [1.29, 1.82) is 0 Å². The number of benzene rings is 1. The van der Waals surface area contributed by atoms with Crippen LogP contribution in [0.25, 0.3) is 11.0 Å². The van der Waals surface area contributed by atoms with Gasteiger partial charge in [0.15, 0.2) is 0 Å². The second-order valence-corrected chi connectivity index (χ2v) is 6.20. The summed E-state index contributed by atoms with van der Waals surface area (Å²) in [6, 6.07) is 8.13. The van der Waals surface area contributed by atoms with E-state index in [9.17, 15) is 9.59 Å². The highest BCUT2D eigenvalue weighted by Gasteiger charge is 2.27. The summed E-state index contributed by atoms with van der Waals surface area (Å²) >= 11 is 0. The van der Waals surface area contributed by atoms with Crippen molar-refractivity contribution in [1.82, 2.24) is 14.9 Å². The summed E-state index contributed by atoms with van der Waals surface area (Å²) in [5, 5.41) is 2.65. The highest BCUT2D eigenvalue weighted by atomic mass is 16.5. The molecule has 0 spiro atoms. The molecule has 0 atom stereocenters. The number of nitrogens with one attached hydrogen (secondary N) is 1. The zero-order valence-electron chi connectivity index (χ0n) is 14.7. The molecule has 7 nitrogen and oxygen atoms in total. The molecule has 2 aromatic rings. The predicted molar refractivity (Wildman–Crippen MR) is 95.4 cm³/mol. The van der Waals surface area contributed by atoms with Gasteiger partial charge in [-0.15, -0.1) is 0 Å². The monoisotopic (exact) mass is 344 g/mol. The van der Waals surface area contributed by atoms with Gasteiger partial charge in [-0.1, -0.05) is 12.1 Å². The van der Waals surface area contributed by atoms with Crippen LogP contribution in [-0.4, -0.2) is 48.2 Å². The summed E-state index contributed by atoms with van der Waals surface area (Å²) in [6.45, 7) is 4.46. The SMILES string of the molecule is CCn1c(N2CCC(C(=O)NCC(=O)OC)CC2)nc2ccccc21. The zero-order valence-corrected chi connectivity index (χ0v) is 14.7. The van der Waals surface area contributed by atoms with Gasteiger partial charge in [-0.05, 0) is 31.9 Å². The number of hydrogen-bond acceptors (Lipinski definition) is 5. The average molecular weight is 344 g/mol. The first kappa shape index (κ1) is 17.3. The second kappa shape index (κ2) is 7.55. The van der Waals surface area contributed by atoms with Gasteiger partial charge >= 0.3 is 5.97 Å². The summed E-state index contributed by atoms with van der Waals surface area (Å²) < 4.78 is 6.76. The van der Waals surface area contributed by atoms with Crippen molar-refractivity contribution in [2.45, 2.75) is 26.3 Å². The molecule has 25 heavy (non-hydrogen) atoms. The first-order valence-electron chi connectivity index (χ1n) is 8.68. The van der Waals surface area contributed by atoms with Crippen molar-refractivity contribution in [3.63, 3.8) is 0 Å². The van der Waals surface area contributed by atoms with Crippen LogP contribution in [0.15, 0.2) is 24.3 Å². The molecule has 1 fully saturated rings. The van der Waals surface area contributed by atoms with Gasteiger partial charge in [-0.3, -0.25) is 9.59 Å². The molecule has 7 heteroatoms. The molecule has 2 heterocycles. The van der Waals surface area contributed by atoms with Crippen molar-refractivity contribution >= 4 is 28.9 Å². The molecular weight excluding hydrogens is 320 g/mol. The maximum atomic E-state index is 12.2. The lowest BCUT2D eigenvalue weighted by atomic mass is 9.96. The number of piperidine rings is 1. The quantitative estimate of drug-likeness (QED) is 0.833. The minimum atomic E-state index is -0.428. The van der Waals surface area contributed by atoms with Crippen LogP contribution in [0, 0.1) is 5.92 Å². The normalized spacial score (nSPS) is 15.4. The second-order valence-electron chi connectivity index (χ2n) is 6.20. The molecule has 0 unspecified atom stereocenters. The van der Waals surface area contributed by atoms with E-state index in [0.717, 1.165) is 49.5 Å². The fraction of sp³-hybridized carbons (Fsp3) is 0.500. The van der Waals surface area contributed by atoms with Gasteiger partial charge in [-0.25, -0.2) is 4.98 Å². The van der Waals surface area contributed by atoms with E-state index in [1.54, 1.807) is 0 Å².